The first kappa shape index (κ1) is 19.2. The molecule has 2 unspecified atom stereocenters. The third-order valence-electron chi connectivity index (χ3n) is 6.18. The van der Waals surface area contributed by atoms with E-state index in [2.05, 4.69) is 22.2 Å². The van der Waals surface area contributed by atoms with E-state index in [0.29, 0.717) is 19.4 Å². The summed E-state index contributed by atoms with van der Waals surface area (Å²) < 4.78 is 0. The van der Waals surface area contributed by atoms with Gasteiger partial charge in [0.15, 0.2) is 0 Å². The van der Waals surface area contributed by atoms with E-state index in [1.165, 1.54) is 6.08 Å². The molecule has 3 N–H and O–H groups in total. The van der Waals surface area contributed by atoms with Crippen molar-refractivity contribution in [1.29, 1.82) is 0 Å². The van der Waals surface area contributed by atoms with Gasteiger partial charge in [0.1, 0.15) is 6.04 Å². The highest BCUT2D eigenvalue weighted by Gasteiger charge is 2.42. The third kappa shape index (κ3) is 3.41. The summed E-state index contributed by atoms with van der Waals surface area (Å²) in [6, 6.07) is 7.22. The molecule has 1 fully saturated rings. The van der Waals surface area contributed by atoms with Gasteiger partial charge in [-0.05, 0) is 30.5 Å². The lowest BCUT2D eigenvalue weighted by Crippen LogP contribution is -2.55. The van der Waals surface area contributed by atoms with Crippen LogP contribution in [0.25, 0.3) is 10.9 Å². The van der Waals surface area contributed by atoms with Gasteiger partial charge in [0, 0.05) is 36.1 Å². The fraction of sp³-hybridized carbons (Fsp3) is 0.409. The van der Waals surface area contributed by atoms with E-state index in [4.69, 9.17) is 0 Å². The summed E-state index contributed by atoms with van der Waals surface area (Å²) in [4.78, 5) is 43.0. The first-order valence-corrected chi connectivity index (χ1v) is 10.1. The van der Waals surface area contributed by atoms with Crippen molar-refractivity contribution in [3.63, 3.8) is 0 Å². The van der Waals surface area contributed by atoms with Crippen LogP contribution in [0.15, 0.2) is 36.9 Å². The van der Waals surface area contributed by atoms with Crippen molar-refractivity contribution in [1.82, 2.24) is 20.5 Å². The van der Waals surface area contributed by atoms with Crippen molar-refractivity contribution in [3.8, 4) is 0 Å². The fourth-order valence-corrected chi connectivity index (χ4v) is 4.72. The lowest BCUT2D eigenvalue weighted by atomic mass is 9.93. The summed E-state index contributed by atoms with van der Waals surface area (Å²) in [5.41, 5.74) is 3.09. The summed E-state index contributed by atoms with van der Waals surface area (Å²) in [6.45, 7) is 3.85. The standard InChI is InChI=1S/C22H26N4O3/c1-3-20(27)25-17-10-6-8-14(17)22(29)26-12-18-15(11-19(26)21(28)23-2)13-7-4-5-9-16(13)24-18/h3-5,7,9,14,17,19,24H,1,6,8,10-12H2,2H3,(H,23,28)(H,25,27)/t14?,17?,19-/m1/s1. The molecular formula is C22H26N4O3. The number of carbonyl (C=O) groups is 3. The van der Waals surface area contributed by atoms with Crippen molar-refractivity contribution in [2.24, 2.45) is 5.92 Å². The number of aromatic amines is 1. The van der Waals surface area contributed by atoms with Crippen LogP contribution in [0.5, 0.6) is 0 Å². The Labute approximate surface area is 169 Å². The van der Waals surface area contributed by atoms with Crippen molar-refractivity contribution >= 4 is 28.6 Å². The van der Waals surface area contributed by atoms with E-state index in [-0.39, 0.29) is 29.7 Å². The average molecular weight is 394 g/mol. The van der Waals surface area contributed by atoms with E-state index in [9.17, 15) is 14.4 Å². The van der Waals surface area contributed by atoms with Crippen molar-refractivity contribution < 1.29 is 14.4 Å². The molecule has 1 aliphatic carbocycles. The van der Waals surface area contributed by atoms with Gasteiger partial charge in [0.2, 0.25) is 17.7 Å². The largest absolute Gasteiger partial charge is 0.357 e. The Balaban J connectivity index is 1.65. The summed E-state index contributed by atoms with van der Waals surface area (Å²) in [5, 5.41) is 6.69. The van der Waals surface area contributed by atoms with Crippen molar-refractivity contribution in [3.05, 3.63) is 48.2 Å². The minimum atomic E-state index is -0.560. The number of hydrogen-bond acceptors (Lipinski definition) is 3. The van der Waals surface area contributed by atoms with Crippen LogP contribution in [0.3, 0.4) is 0 Å². The van der Waals surface area contributed by atoms with E-state index in [0.717, 1.165) is 35.0 Å². The zero-order chi connectivity index (χ0) is 20.5. The Morgan fingerprint density at radius 2 is 2.03 bits per heavy atom. The monoisotopic (exact) mass is 394 g/mol. The van der Waals surface area contributed by atoms with Crippen LogP contribution < -0.4 is 10.6 Å². The van der Waals surface area contributed by atoms with Crippen LogP contribution in [0.4, 0.5) is 0 Å². The zero-order valence-electron chi connectivity index (χ0n) is 16.5. The second-order valence-electron chi connectivity index (χ2n) is 7.78. The van der Waals surface area contributed by atoms with Gasteiger partial charge >= 0.3 is 0 Å². The lowest BCUT2D eigenvalue weighted by Gasteiger charge is -2.37. The van der Waals surface area contributed by atoms with Crippen LogP contribution in [0.1, 0.15) is 30.5 Å². The molecule has 2 aromatic rings. The van der Waals surface area contributed by atoms with Crippen LogP contribution >= 0.6 is 0 Å². The molecule has 29 heavy (non-hydrogen) atoms. The highest BCUT2D eigenvalue weighted by atomic mass is 16.2. The quantitative estimate of drug-likeness (QED) is 0.688. The Kier molecular flexibility index (Phi) is 5.13. The SMILES string of the molecule is C=CC(=O)NC1CCCC1C(=O)N1Cc2[nH]c3ccccc3c2C[C@@H]1C(=O)NC. The molecule has 1 aromatic heterocycles. The zero-order valence-corrected chi connectivity index (χ0v) is 16.5. The number of H-pyrrole nitrogens is 1. The molecule has 3 amide bonds. The predicted octanol–water partition coefficient (Wildman–Crippen LogP) is 1.64. The number of nitrogens with zero attached hydrogens (tertiary/aromatic N) is 1. The van der Waals surface area contributed by atoms with E-state index in [1.807, 2.05) is 24.3 Å². The molecule has 2 aliphatic rings. The number of benzene rings is 1. The lowest BCUT2D eigenvalue weighted by molar-refractivity contribution is -0.145. The number of aromatic nitrogens is 1. The van der Waals surface area contributed by atoms with Gasteiger partial charge in [-0.3, -0.25) is 14.4 Å². The number of amides is 3. The van der Waals surface area contributed by atoms with Gasteiger partial charge in [-0.1, -0.05) is 31.2 Å². The molecule has 3 atom stereocenters. The molecular weight excluding hydrogens is 368 g/mol. The highest BCUT2D eigenvalue weighted by molar-refractivity contribution is 5.93. The van der Waals surface area contributed by atoms with Crippen molar-refractivity contribution in [2.75, 3.05) is 7.05 Å². The maximum absolute atomic E-state index is 13.5. The van der Waals surface area contributed by atoms with Gasteiger partial charge in [0.05, 0.1) is 12.5 Å². The number of nitrogens with one attached hydrogen (secondary N) is 3. The van der Waals surface area contributed by atoms with Gasteiger partial charge in [-0.25, -0.2) is 0 Å². The molecule has 0 saturated heterocycles. The van der Waals surface area contributed by atoms with Gasteiger partial charge in [-0.15, -0.1) is 0 Å². The summed E-state index contributed by atoms with van der Waals surface area (Å²) in [6.07, 6.45) is 4.03. The number of carbonyl (C=O) groups excluding carboxylic acids is 3. The number of likely N-dealkylation sites (N-methyl/N-ethyl adjacent to an activating group) is 1. The molecule has 7 nitrogen and oxygen atoms in total. The Hall–Kier alpha value is -3.09. The predicted molar refractivity (Wildman–Crippen MR) is 110 cm³/mol. The van der Waals surface area contributed by atoms with Crippen LogP contribution in [0.2, 0.25) is 0 Å². The maximum Gasteiger partial charge on any atom is 0.243 e. The van der Waals surface area contributed by atoms with E-state index >= 15 is 0 Å². The molecule has 0 spiro atoms. The number of para-hydroxylation sites is 1. The van der Waals surface area contributed by atoms with Gasteiger partial charge in [-0.2, -0.15) is 0 Å². The molecule has 2 heterocycles. The Morgan fingerprint density at radius 3 is 2.79 bits per heavy atom. The minimum absolute atomic E-state index is 0.0743. The smallest absolute Gasteiger partial charge is 0.243 e. The number of fused-ring (bicyclic) bond motifs is 3. The minimum Gasteiger partial charge on any atom is -0.357 e. The molecule has 7 heteroatoms. The molecule has 1 aliphatic heterocycles. The van der Waals surface area contributed by atoms with Crippen molar-refractivity contribution in [2.45, 2.75) is 44.3 Å². The van der Waals surface area contributed by atoms with Gasteiger partial charge < -0.3 is 20.5 Å². The first-order chi connectivity index (χ1) is 14.0. The average Bonchev–Trinajstić information content (AvgIpc) is 3.35. The molecule has 0 bridgehead atoms. The molecule has 0 radical (unpaired) electrons. The summed E-state index contributed by atoms with van der Waals surface area (Å²) >= 11 is 0. The molecule has 1 aromatic carbocycles. The maximum atomic E-state index is 13.5. The fourth-order valence-electron chi connectivity index (χ4n) is 4.72. The molecule has 152 valence electrons. The topological polar surface area (TPSA) is 94.3 Å². The number of rotatable bonds is 4. The molecule has 1 saturated carbocycles. The second-order valence-corrected chi connectivity index (χ2v) is 7.78. The third-order valence-corrected chi connectivity index (χ3v) is 6.18. The summed E-state index contributed by atoms with van der Waals surface area (Å²) in [7, 11) is 1.60. The second kappa shape index (κ2) is 7.73. The Bertz CT molecular complexity index is 980. The normalized spacial score (nSPS) is 23.5. The Morgan fingerprint density at radius 1 is 1.24 bits per heavy atom. The summed E-state index contributed by atoms with van der Waals surface area (Å²) in [5.74, 6) is -0.834. The van der Waals surface area contributed by atoms with Crippen LogP contribution in [-0.2, 0) is 27.3 Å². The number of hydrogen-bond donors (Lipinski definition) is 3. The van der Waals surface area contributed by atoms with Crippen LogP contribution in [0, 0.1) is 5.92 Å². The van der Waals surface area contributed by atoms with E-state index < -0.39 is 6.04 Å². The van der Waals surface area contributed by atoms with E-state index in [1.54, 1.807) is 11.9 Å². The van der Waals surface area contributed by atoms with Crippen LogP contribution in [-0.4, -0.2) is 46.7 Å². The molecule has 4 rings (SSSR count). The first-order valence-electron chi connectivity index (χ1n) is 10.1. The van der Waals surface area contributed by atoms with Gasteiger partial charge in [0.25, 0.3) is 0 Å². The highest BCUT2D eigenvalue weighted by Crippen LogP contribution is 2.34.